The lowest BCUT2D eigenvalue weighted by molar-refractivity contribution is 0.206. The Morgan fingerprint density at radius 2 is 2.17 bits per heavy atom. The number of piperidine rings is 1. The molecule has 3 atom stereocenters. The second-order valence-corrected chi connectivity index (χ2v) is 6.84. The van der Waals surface area contributed by atoms with Gasteiger partial charge in [-0.25, -0.2) is 4.79 Å². The van der Waals surface area contributed by atoms with Crippen LogP contribution in [0.4, 0.5) is 4.79 Å². The molecule has 2 fully saturated rings. The predicted molar refractivity (Wildman–Crippen MR) is 93.3 cm³/mol. The van der Waals surface area contributed by atoms with Crippen molar-refractivity contribution in [2.24, 2.45) is 5.92 Å². The van der Waals surface area contributed by atoms with Gasteiger partial charge in [-0.2, -0.15) is 0 Å². The first-order valence-corrected chi connectivity index (χ1v) is 8.57. The summed E-state index contributed by atoms with van der Waals surface area (Å²) in [4.78, 5) is 15.0. The lowest BCUT2D eigenvalue weighted by Crippen LogP contribution is -2.47. The van der Waals surface area contributed by atoms with Crippen LogP contribution in [0.5, 0.6) is 5.75 Å². The molecule has 126 valence electrons. The van der Waals surface area contributed by atoms with E-state index in [0.717, 1.165) is 35.8 Å². The van der Waals surface area contributed by atoms with Crippen LogP contribution < -0.4 is 10.1 Å². The van der Waals surface area contributed by atoms with Crippen molar-refractivity contribution in [2.45, 2.75) is 18.9 Å². The van der Waals surface area contributed by atoms with E-state index in [1.54, 1.807) is 11.7 Å². The van der Waals surface area contributed by atoms with Gasteiger partial charge in [0, 0.05) is 37.1 Å². The molecule has 2 aliphatic heterocycles. The second kappa shape index (κ2) is 6.32. The Hall–Kier alpha value is -2.27. The van der Waals surface area contributed by atoms with Gasteiger partial charge in [-0.1, -0.05) is 12.1 Å². The van der Waals surface area contributed by atoms with Gasteiger partial charge >= 0.3 is 6.03 Å². The van der Waals surface area contributed by atoms with Crippen molar-refractivity contribution in [2.75, 3.05) is 26.7 Å². The molecule has 0 saturated carbocycles. The highest BCUT2D eigenvalue weighted by Gasteiger charge is 2.32. The van der Waals surface area contributed by atoms with Crippen LogP contribution in [0.3, 0.4) is 0 Å². The maximum atomic E-state index is 12.5. The summed E-state index contributed by atoms with van der Waals surface area (Å²) in [6, 6.07) is 10.0. The summed E-state index contributed by atoms with van der Waals surface area (Å²) < 4.78 is 6.91. The molecule has 1 amide bonds. The smallest absolute Gasteiger partial charge is 0.325 e. The summed E-state index contributed by atoms with van der Waals surface area (Å²) >= 11 is 0. The van der Waals surface area contributed by atoms with Gasteiger partial charge in [-0.05, 0) is 49.1 Å². The van der Waals surface area contributed by atoms with E-state index >= 15 is 0 Å². The third kappa shape index (κ3) is 3.04. The van der Waals surface area contributed by atoms with E-state index in [1.807, 2.05) is 42.7 Å². The van der Waals surface area contributed by atoms with E-state index in [0.29, 0.717) is 0 Å². The van der Waals surface area contributed by atoms with Crippen LogP contribution in [-0.2, 0) is 0 Å². The number of rotatable bonds is 3. The van der Waals surface area contributed by atoms with Gasteiger partial charge < -0.3 is 15.0 Å². The van der Waals surface area contributed by atoms with Gasteiger partial charge in [0.25, 0.3) is 0 Å². The minimum Gasteiger partial charge on any atom is -0.497 e. The summed E-state index contributed by atoms with van der Waals surface area (Å²) in [5.74, 6) is 1.57. The molecule has 3 heterocycles. The average molecular weight is 325 g/mol. The number of nitrogens with one attached hydrogen (secondary N) is 1. The third-order valence-electron chi connectivity index (χ3n) is 5.12. The average Bonchev–Trinajstić information content (AvgIpc) is 3.22. The molecule has 1 N–H and O–H groups in total. The molecule has 1 aromatic heterocycles. The predicted octanol–water partition coefficient (Wildman–Crippen LogP) is 2.82. The molecule has 4 rings (SSSR count). The Morgan fingerprint density at radius 3 is 3.00 bits per heavy atom. The highest BCUT2D eigenvalue weighted by molar-refractivity contribution is 5.79. The fourth-order valence-corrected chi connectivity index (χ4v) is 3.91. The molecule has 2 aliphatic rings. The third-order valence-corrected chi connectivity index (χ3v) is 5.12. The minimum absolute atomic E-state index is 0.0448. The zero-order valence-electron chi connectivity index (χ0n) is 13.9. The van der Waals surface area contributed by atoms with E-state index in [9.17, 15) is 4.79 Å². The summed E-state index contributed by atoms with van der Waals surface area (Å²) in [5.41, 5.74) is 2.05. The second-order valence-electron chi connectivity index (χ2n) is 6.84. The summed E-state index contributed by atoms with van der Waals surface area (Å²) in [6.07, 6.45) is 6.08. The largest absolute Gasteiger partial charge is 0.497 e. The van der Waals surface area contributed by atoms with Crippen molar-refractivity contribution in [3.8, 4) is 16.9 Å². The molecule has 1 aromatic carbocycles. The number of nitrogens with zero attached hydrogens (tertiary/aromatic N) is 2. The van der Waals surface area contributed by atoms with Gasteiger partial charge in [-0.15, -0.1) is 0 Å². The first-order valence-electron chi connectivity index (χ1n) is 8.57. The highest BCUT2D eigenvalue weighted by atomic mass is 16.5. The first kappa shape index (κ1) is 15.3. The Balaban J connectivity index is 1.45. The van der Waals surface area contributed by atoms with Crippen LogP contribution in [0.2, 0.25) is 0 Å². The van der Waals surface area contributed by atoms with Crippen LogP contribution >= 0.6 is 0 Å². The molecular formula is C19H23N3O2. The zero-order chi connectivity index (χ0) is 16.5. The number of aromatic nitrogens is 1. The van der Waals surface area contributed by atoms with Crippen molar-refractivity contribution in [3.63, 3.8) is 0 Å². The molecule has 0 aliphatic carbocycles. The molecule has 2 bridgehead atoms. The number of carbonyl (C=O) groups excluding carboxylic acids is 1. The Morgan fingerprint density at radius 1 is 1.25 bits per heavy atom. The Bertz CT molecular complexity index is 728. The van der Waals surface area contributed by atoms with Gasteiger partial charge in [0.15, 0.2) is 0 Å². The van der Waals surface area contributed by atoms with Crippen LogP contribution in [0, 0.1) is 5.92 Å². The van der Waals surface area contributed by atoms with Crippen LogP contribution in [0.25, 0.3) is 11.1 Å². The molecule has 1 unspecified atom stereocenters. The van der Waals surface area contributed by atoms with Crippen molar-refractivity contribution < 1.29 is 9.53 Å². The maximum Gasteiger partial charge on any atom is 0.325 e. The number of carbonyl (C=O) groups is 1. The molecular weight excluding hydrogens is 302 g/mol. The molecule has 24 heavy (non-hydrogen) atoms. The molecule has 5 nitrogen and oxygen atoms in total. The van der Waals surface area contributed by atoms with Crippen molar-refractivity contribution in [1.82, 2.24) is 14.8 Å². The maximum absolute atomic E-state index is 12.5. The van der Waals surface area contributed by atoms with E-state index in [4.69, 9.17) is 4.74 Å². The summed E-state index contributed by atoms with van der Waals surface area (Å²) in [7, 11) is 1.66. The normalized spacial score (nSPS) is 25.5. The van der Waals surface area contributed by atoms with Crippen LogP contribution in [0.15, 0.2) is 42.7 Å². The molecule has 2 aromatic rings. The standard InChI is InChI=1S/C19H23N3O2/c1-24-18-4-2-3-15(10-18)16-6-8-22(12-16)19(23)20-17-9-14-5-7-21(11-14)13-17/h2-4,6,8,10,12,14,17H,5,7,9,11,13H2,1H3,(H,20,23)/t14-,17-/m1/s1. The van der Waals surface area contributed by atoms with Gasteiger partial charge in [0.05, 0.1) is 7.11 Å². The molecule has 0 spiro atoms. The van der Waals surface area contributed by atoms with Gasteiger partial charge in [-0.3, -0.25) is 4.57 Å². The van der Waals surface area contributed by atoms with E-state index in [1.165, 1.54) is 19.5 Å². The lowest BCUT2D eigenvalue weighted by atomic mass is 9.97. The number of hydrogen-bond acceptors (Lipinski definition) is 3. The van der Waals surface area contributed by atoms with Crippen molar-refractivity contribution >= 4 is 6.03 Å². The van der Waals surface area contributed by atoms with E-state index in [2.05, 4.69) is 10.2 Å². The van der Waals surface area contributed by atoms with E-state index in [-0.39, 0.29) is 12.1 Å². The van der Waals surface area contributed by atoms with Gasteiger partial charge in [0.2, 0.25) is 0 Å². The lowest BCUT2D eigenvalue weighted by Gasteiger charge is -2.30. The zero-order valence-corrected chi connectivity index (χ0v) is 13.9. The number of amides is 1. The quantitative estimate of drug-likeness (QED) is 0.944. The Kier molecular flexibility index (Phi) is 4.02. The monoisotopic (exact) mass is 325 g/mol. The Labute approximate surface area is 142 Å². The number of fused-ring (bicyclic) bond motifs is 2. The fraction of sp³-hybridized carbons (Fsp3) is 0.421. The number of hydrogen-bond donors (Lipinski definition) is 1. The van der Waals surface area contributed by atoms with Crippen molar-refractivity contribution in [1.29, 1.82) is 0 Å². The molecule has 2 saturated heterocycles. The highest BCUT2D eigenvalue weighted by Crippen LogP contribution is 2.27. The summed E-state index contributed by atoms with van der Waals surface area (Å²) in [5, 5.41) is 3.18. The SMILES string of the molecule is COc1cccc(-c2ccn(C(=O)N[C@@H]3C[C@H]4CCN(C4)C3)c2)c1. The minimum atomic E-state index is -0.0448. The molecule has 0 radical (unpaired) electrons. The topological polar surface area (TPSA) is 46.5 Å². The van der Waals surface area contributed by atoms with Crippen molar-refractivity contribution in [3.05, 3.63) is 42.7 Å². The van der Waals surface area contributed by atoms with E-state index < -0.39 is 0 Å². The first-order chi connectivity index (χ1) is 11.7. The number of methoxy groups -OCH3 is 1. The molecule has 5 heteroatoms. The van der Waals surface area contributed by atoms with Gasteiger partial charge in [0.1, 0.15) is 5.75 Å². The van der Waals surface area contributed by atoms with Crippen LogP contribution in [-0.4, -0.2) is 48.3 Å². The summed E-state index contributed by atoms with van der Waals surface area (Å²) in [6.45, 7) is 3.36. The van der Waals surface area contributed by atoms with Crippen LogP contribution in [0.1, 0.15) is 12.8 Å². The number of ether oxygens (including phenoxy) is 1. The fourth-order valence-electron chi connectivity index (χ4n) is 3.91. The number of benzene rings is 1.